The largest absolute Gasteiger partial charge is 0.478 e. The molecule has 0 saturated heterocycles. The third kappa shape index (κ3) is 4.07. The average molecular weight is 342 g/mol. The second kappa shape index (κ2) is 7.38. The summed E-state index contributed by atoms with van der Waals surface area (Å²) >= 11 is 0. The van der Waals surface area contributed by atoms with Gasteiger partial charge in [0.15, 0.2) is 6.10 Å². The Bertz CT molecular complexity index is 618. The van der Waals surface area contributed by atoms with Gasteiger partial charge in [0.1, 0.15) is 18.3 Å². The highest BCUT2D eigenvalue weighted by molar-refractivity contribution is 5.84. The van der Waals surface area contributed by atoms with E-state index in [9.17, 15) is 24.9 Å². The summed E-state index contributed by atoms with van der Waals surface area (Å²) in [6.45, 7) is 1.05. The molecule has 0 fully saturated rings. The molecule has 1 aromatic rings. The molecule has 0 aromatic carbocycles. The molecule has 5 atom stereocenters. The van der Waals surface area contributed by atoms with E-state index in [1.165, 1.54) is 24.0 Å². The zero-order valence-electron chi connectivity index (χ0n) is 12.7. The van der Waals surface area contributed by atoms with Crippen LogP contribution in [0.3, 0.4) is 0 Å². The van der Waals surface area contributed by atoms with Gasteiger partial charge >= 0.3 is 5.97 Å². The van der Waals surface area contributed by atoms with Crippen LogP contribution in [0.5, 0.6) is 0 Å². The predicted octanol–water partition coefficient (Wildman–Crippen LogP) is -2.77. The first-order valence-electron chi connectivity index (χ1n) is 7.06. The van der Waals surface area contributed by atoms with E-state index in [1.807, 2.05) is 0 Å². The number of hydrogen-bond acceptors (Lipinski definition) is 8. The molecule has 0 bridgehead atoms. The van der Waals surface area contributed by atoms with E-state index in [4.69, 9.17) is 9.84 Å². The van der Waals surface area contributed by atoms with Crippen molar-refractivity contribution >= 4 is 11.9 Å². The fourth-order valence-electron chi connectivity index (χ4n) is 2.37. The van der Waals surface area contributed by atoms with E-state index in [0.29, 0.717) is 0 Å². The van der Waals surface area contributed by atoms with E-state index in [1.54, 1.807) is 0 Å². The molecule has 132 valence electrons. The smallest absolute Gasteiger partial charge is 0.370 e. The number of carboxylic acid groups (broad SMARTS) is 1. The lowest BCUT2D eigenvalue weighted by Gasteiger charge is -2.38. The standard InChI is InChI=1S/C13H18N4O7/c1-6(18)15-10-7(19)4-9(13(22)23)24-12(10)11(21)8(20)5-17-3-2-14-16-17/h2-4,7-8,10-12,19-21H,5H2,1H3,(H,15,18)(H,22,23)/t7-,8+,10+,11+,12+/m0/s1. The normalized spacial score (nSPS) is 26.0. The zero-order chi connectivity index (χ0) is 17.9. The van der Waals surface area contributed by atoms with Crippen LogP contribution in [0.1, 0.15) is 6.92 Å². The Kier molecular flexibility index (Phi) is 5.49. The van der Waals surface area contributed by atoms with E-state index in [2.05, 4.69) is 15.6 Å². The van der Waals surface area contributed by atoms with Gasteiger partial charge in [0.05, 0.1) is 18.8 Å². The van der Waals surface area contributed by atoms with Crippen LogP contribution in [0.4, 0.5) is 0 Å². The number of ether oxygens (including phenoxy) is 1. The van der Waals surface area contributed by atoms with Crippen LogP contribution in [0.2, 0.25) is 0 Å². The molecular weight excluding hydrogens is 324 g/mol. The van der Waals surface area contributed by atoms with Gasteiger partial charge in [-0.1, -0.05) is 5.21 Å². The van der Waals surface area contributed by atoms with Gasteiger partial charge < -0.3 is 30.5 Å². The molecule has 0 spiro atoms. The summed E-state index contributed by atoms with van der Waals surface area (Å²) in [6, 6.07) is -1.13. The van der Waals surface area contributed by atoms with Crippen molar-refractivity contribution in [2.24, 2.45) is 0 Å². The first-order chi connectivity index (χ1) is 11.3. The lowest BCUT2D eigenvalue weighted by molar-refractivity contribution is -0.148. The molecule has 1 aliphatic rings. The third-order valence-electron chi connectivity index (χ3n) is 3.46. The number of carboxylic acids is 1. The van der Waals surface area contributed by atoms with E-state index >= 15 is 0 Å². The van der Waals surface area contributed by atoms with Gasteiger partial charge in [-0.2, -0.15) is 0 Å². The Morgan fingerprint density at radius 1 is 1.46 bits per heavy atom. The minimum Gasteiger partial charge on any atom is -0.478 e. The Hall–Kier alpha value is -2.50. The SMILES string of the molecule is CC(=O)N[C@H]1[C@H]([C@H](O)[C@H](O)Cn2ccnn2)OC(C(=O)O)=C[C@@H]1O. The molecule has 11 nitrogen and oxygen atoms in total. The maximum atomic E-state index is 11.3. The first-order valence-corrected chi connectivity index (χ1v) is 7.06. The lowest BCUT2D eigenvalue weighted by atomic mass is 9.93. The quantitative estimate of drug-likeness (QED) is 0.367. The van der Waals surface area contributed by atoms with Crippen molar-refractivity contribution in [2.75, 3.05) is 0 Å². The number of aromatic nitrogens is 3. The van der Waals surface area contributed by atoms with Gasteiger partial charge in [-0.15, -0.1) is 5.10 Å². The number of aliphatic carboxylic acids is 1. The summed E-state index contributed by atoms with van der Waals surface area (Å²) in [5.74, 6) is -2.54. The molecular formula is C13H18N4O7. The van der Waals surface area contributed by atoms with Crippen LogP contribution in [-0.2, 0) is 20.9 Å². The van der Waals surface area contributed by atoms with E-state index in [0.717, 1.165) is 6.08 Å². The molecule has 5 N–H and O–H groups in total. The summed E-state index contributed by atoms with van der Waals surface area (Å²) in [6.07, 6.45) is -2.05. The van der Waals surface area contributed by atoms with Gasteiger partial charge in [-0.3, -0.25) is 4.79 Å². The van der Waals surface area contributed by atoms with Crippen LogP contribution in [0, 0.1) is 0 Å². The highest BCUT2D eigenvalue weighted by atomic mass is 16.5. The van der Waals surface area contributed by atoms with Crippen molar-refractivity contribution in [1.82, 2.24) is 20.3 Å². The topological polar surface area (TPSA) is 167 Å². The average Bonchev–Trinajstić information content (AvgIpc) is 3.00. The van der Waals surface area contributed by atoms with Crippen LogP contribution < -0.4 is 5.32 Å². The van der Waals surface area contributed by atoms with Crippen molar-refractivity contribution < 1.29 is 34.8 Å². The minimum absolute atomic E-state index is 0.143. The van der Waals surface area contributed by atoms with Crippen molar-refractivity contribution in [3.8, 4) is 0 Å². The van der Waals surface area contributed by atoms with Crippen LogP contribution in [0.25, 0.3) is 0 Å². The molecule has 0 aliphatic carbocycles. The summed E-state index contributed by atoms with van der Waals surface area (Å²) in [5.41, 5.74) is 0. The predicted molar refractivity (Wildman–Crippen MR) is 76.2 cm³/mol. The lowest BCUT2D eigenvalue weighted by Crippen LogP contribution is -2.59. The Morgan fingerprint density at radius 2 is 2.17 bits per heavy atom. The number of nitrogens with one attached hydrogen (secondary N) is 1. The van der Waals surface area contributed by atoms with Gasteiger partial charge in [0.2, 0.25) is 11.7 Å². The van der Waals surface area contributed by atoms with Crippen LogP contribution >= 0.6 is 0 Å². The molecule has 24 heavy (non-hydrogen) atoms. The number of amides is 1. The van der Waals surface area contributed by atoms with Crippen molar-refractivity contribution in [1.29, 1.82) is 0 Å². The molecule has 1 aliphatic heterocycles. The number of aliphatic hydroxyl groups excluding tert-OH is 3. The maximum Gasteiger partial charge on any atom is 0.370 e. The molecule has 2 heterocycles. The van der Waals surface area contributed by atoms with Crippen molar-refractivity contribution in [2.45, 2.75) is 43.9 Å². The summed E-state index contributed by atoms with van der Waals surface area (Å²) in [4.78, 5) is 22.4. The van der Waals surface area contributed by atoms with Gasteiger partial charge in [-0.05, 0) is 6.08 Å². The highest BCUT2D eigenvalue weighted by Crippen LogP contribution is 2.23. The molecule has 11 heteroatoms. The van der Waals surface area contributed by atoms with Gasteiger partial charge in [-0.25, -0.2) is 9.48 Å². The van der Waals surface area contributed by atoms with Crippen LogP contribution in [0.15, 0.2) is 24.2 Å². The monoisotopic (exact) mass is 342 g/mol. The van der Waals surface area contributed by atoms with E-state index < -0.39 is 48.1 Å². The molecule has 0 unspecified atom stereocenters. The zero-order valence-corrected chi connectivity index (χ0v) is 12.7. The van der Waals surface area contributed by atoms with Gasteiger partial charge in [0, 0.05) is 13.1 Å². The third-order valence-corrected chi connectivity index (χ3v) is 3.46. The number of aliphatic hydroxyl groups is 3. The van der Waals surface area contributed by atoms with Crippen molar-refractivity contribution in [3.63, 3.8) is 0 Å². The molecule has 0 saturated carbocycles. The minimum atomic E-state index is -1.61. The van der Waals surface area contributed by atoms with Gasteiger partial charge in [0.25, 0.3) is 0 Å². The first kappa shape index (κ1) is 17.8. The molecule has 1 aromatic heterocycles. The number of carbonyl (C=O) groups is 2. The Balaban J connectivity index is 2.19. The number of nitrogens with zero attached hydrogens (tertiary/aromatic N) is 3. The summed E-state index contributed by atoms with van der Waals surface area (Å²) in [5, 5.41) is 49.1. The number of carbonyl (C=O) groups excluding carboxylic acids is 1. The van der Waals surface area contributed by atoms with E-state index in [-0.39, 0.29) is 6.54 Å². The second-order valence-electron chi connectivity index (χ2n) is 5.32. The Labute approximate surface area is 136 Å². The molecule has 0 radical (unpaired) electrons. The molecule has 1 amide bonds. The second-order valence-corrected chi connectivity index (χ2v) is 5.32. The fraction of sp³-hybridized carbons (Fsp3) is 0.538. The highest BCUT2D eigenvalue weighted by Gasteiger charge is 2.43. The summed E-state index contributed by atoms with van der Waals surface area (Å²) in [7, 11) is 0. The Morgan fingerprint density at radius 3 is 2.71 bits per heavy atom. The van der Waals surface area contributed by atoms with Crippen LogP contribution in [-0.4, -0.2) is 77.8 Å². The van der Waals surface area contributed by atoms with Crippen molar-refractivity contribution in [3.05, 3.63) is 24.2 Å². The maximum absolute atomic E-state index is 11.3. The molecule has 2 rings (SSSR count). The number of rotatable bonds is 6. The fourth-order valence-corrected chi connectivity index (χ4v) is 2.37. The number of hydrogen-bond donors (Lipinski definition) is 5. The summed E-state index contributed by atoms with van der Waals surface area (Å²) < 4.78 is 6.42.